The van der Waals surface area contributed by atoms with E-state index in [9.17, 15) is 14.4 Å². The lowest BCUT2D eigenvalue weighted by Crippen LogP contribution is -2.43. The summed E-state index contributed by atoms with van der Waals surface area (Å²) in [7, 11) is 1.50. The molecule has 3 N–H and O–H groups in total. The molecule has 168 valence electrons. The molecule has 0 fully saturated rings. The van der Waals surface area contributed by atoms with Crippen LogP contribution in [0.2, 0.25) is 5.02 Å². The van der Waals surface area contributed by atoms with E-state index in [1.54, 1.807) is 24.3 Å². The molecule has 8 nitrogen and oxygen atoms in total. The van der Waals surface area contributed by atoms with Crippen molar-refractivity contribution in [2.24, 2.45) is 16.6 Å². The molecule has 0 radical (unpaired) electrons. The van der Waals surface area contributed by atoms with Crippen molar-refractivity contribution >= 4 is 69.5 Å². The average molecular weight is 493 g/mol. The number of hydrogen-bond donors (Lipinski definition) is 2. The standard InChI is InChI=1S/C21H21ClN4O4S2/c1-11(2)17(18(27)25-20(23)29)32-21-24-15(10-13-5-4-8-31-13)19(28)26(21)12-6-7-16(30-3)14(22)9-12/h4-11,17H,1-3H3,(H3,23,25,27,29)/b15-10+. The molecule has 0 saturated carbocycles. The van der Waals surface area contributed by atoms with Gasteiger partial charge in [0.25, 0.3) is 5.91 Å². The zero-order chi connectivity index (χ0) is 23.4. The Bertz CT molecular complexity index is 1100. The van der Waals surface area contributed by atoms with E-state index in [2.05, 4.69) is 10.3 Å². The number of thiophene rings is 1. The minimum Gasteiger partial charge on any atom is -0.495 e. The summed E-state index contributed by atoms with van der Waals surface area (Å²) < 4.78 is 5.19. The van der Waals surface area contributed by atoms with Gasteiger partial charge in [0.15, 0.2) is 5.17 Å². The topological polar surface area (TPSA) is 114 Å². The number of carbonyl (C=O) groups excluding carboxylic acids is 3. The maximum Gasteiger partial charge on any atom is 0.318 e. The van der Waals surface area contributed by atoms with Crippen molar-refractivity contribution in [1.82, 2.24) is 5.32 Å². The summed E-state index contributed by atoms with van der Waals surface area (Å²) in [6.45, 7) is 3.65. The Hall–Kier alpha value is -2.82. The second-order valence-corrected chi connectivity index (χ2v) is 9.53. The fourth-order valence-electron chi connectivity index (χ4n) is 2.90. The minimum absolute atomic E-state index is 0.177. The first kappa shape index (κ1) is 23.8. The van der Waals surface area contributed by atoms with Crippen molar-refractivity contribution in [3.8, 4) is 5.75 Å². The van der Waals surface area contributed by atoms with Crippen LogP contribution in [0.15, 0.2) is 46.4 Å². The van der Waals surface area contributed by atoms with Gasteiger partial charge in [-0.3, -0.25) is 19.8 Å². The van der Waals surface area contributed by atoms with Gasteiger partial charge in [0.05, 0.1) is 23.1 Å². The molecule has 32 heavy (non-hydrogen) atoms. The van der Waals surface area contributed by atoms with Gasteiger partial charge in [-0.1, -0.05) is 43.3 Å². The van der Waals surface area contributed by atoms with Gasteiger partial charge in [0, 0.05) is 4.88 Å². The predicted octanol–water partition coefficient (Wildman–Crippen LogP) is 4.11. The summed E-state index contributed by atoms with van der Waals surface area (Å²) in [6, 6.07) is 7.73. The number of nitrogens with one attached hydrogen (secondary N) is 1. The zero-order valence-corrected chi connectivity index (χ0v) is 19.9. The fourth-order valence-corrected chi connectivity index (χ4v) is 4.92. The summed E-state index contributed by atoms with van der Waals surface area (Å²) >= 11 is 8.83. The second kappa shape index (κ2) is 10.2. The highest BCUT2D eigenvalue weighted by Gasteiger charge is 2.36. The van der Waals surface area contributed by atoms with Gasteiger partial charge in [-0.2, -0.15) is 0 Å². The highest BCUT2D eigenvalue weighted by atomic mass is 35.5. The number of rotatable bonds is 6. The predicted molar refractivity (Wildman–Crippen MR) is 129 cm³/mol. The second-order valence-electron chi connectivity index (χ2n) is 7.03. The normalized spacial score (nSPS) is 15.8. The Labute approximate surface area is 198 Å². The molecule has 1 aromatic heterocycles. The number of halogens is 1. The maximum atomic E-state index is 13.3. The van der Waals surface area contributed by atoms with Crippen LogP contribution in [0, 0.1) is 5.92 Å². The highest BCUT2D eigenvalue weighted by molar-refractivity contribution is 8.15. The molecular formula is C21H21ClN4O4S2. The number of aliphatic imine (C=N–C) groups is 1. The highest BCUT2D eigenvalue weighted by Crippen LogP contribution is 2.36. The van der Waals surface area contributed by atoms with E-state index in [0.717, 1.165) is 16.6 Å². The molecule has 0 aliphatic carbocycles. The molecule has 1 aliphatic heterocycles. The van der Waals surface area contributed by atoms with Crippen LogP contribution in [0.5, 0.6) is 5.75 Å². The van der Waals surface area contributed by atoms with Gasteiger partial charge < -0.3 is 10.5 Å². The van der Waals surface area contributed by atoms with Gasteiger partial charge in [-0.05, 0) is 41.6 Å². The molecule has 4 amide bonds. The summed E-state index contributed by atoms with van der Waals surface area (Å²) in [6.07, 6.45) is 1.69. The summed E-state index contributed by atoms with van der Waals surface area (Å²) in [4.78, 5) is 43.8. The molecule has 1 unspecified atom stereocenters. The Balaban J connectivity index is 2.02. The molecule has 2 aromatic rings. The van der Waals surface area contributed by atoms with Crippen molar-refractivity contribution in [2.75, 3.05) is 12.0 Å². The Morgan fingerprint density at radius 2 is 2.09 bits per heavy atom. The largest absolute Gasteiger partial charge is 0.495 e. The van der Waals surface area contributed by atoms with Gasteiger partial charge in [-0.15, -0.1) is 11.3 Å². The molecule has 2 heterocycles. The van der Waals surface area contributed by atoms with E-state index in [-0.39, 0.29) is 22.7 Å². The van der Waals surface area contributed by atoms with E-state index in [4.69, 9.17) is 22.1 Å². The van der Waals surface area contributed by atoms with E-state index in [1.165, 1.54) is 23.3 Å². The number of amidine groups is 1. The molecule has 1 aromatic carbocycles. The molecule has 1 atom stereocenters. The number of imide groups is 1. The number of carbonyl (C=O) groups is 3. The van der Waals surface area contributed by atoms with Crippen LogP contribution in [-0.4, -0.2) is 35.4 Å². The third-order valence-electron chi connectivity index (χ3n) is 4.39. The quantitative estimate of drug-likeness (QED) is 0.589. The van der Waals surface area contributed by atoms with Gasteiger partial charge in [0.2, 0.25) is 5.91 Å². The van der Waals surface area contributed by atoms with Crippen LogP contribution in [0.25, 0.3) is 6.08 Å². The number of benzene rings is 1. The van der Waals surface area contributed by atoms with E-state index in [1.807, 2.05) is 31.4 Å². The molecule has 0 spiro atoms. The van der Waals surface area contributed by atoms with Crippen molar-refractivity contribution in [1.29, 1.82) is 0 Å². The van der Waals surface area contributed by atoms with E-state index < -0.39 is 17.2 Å². The number of anilines is 1. The van der Waals surface area contributed by atoms with Crippen LogP contribution >= 0.6 is 34.7 Å². The molecule has 1 aliphatic rings. The van der Waals surface area contributed by atoms with Crippen LogP contribution in [0.3, 0.4) is 0 Å². The third-order valence-corrected chi connectivity index (χ3v) is 7.00. The summed E-state index contributed by atoms with van der Waals surface area (Å²) in [5, 5.41) is 3.90. The number of nitrogens with zero attached hydrogens (tertiary/aromatic N) is 2. The minimum atomic E-state index is -0.942. The molecule has 3 rings (SSSR count). The molecule has 11 heteroatoms. The zero-order valence-electron chi connectivity index (χ0n) is 17.5. The number of ether oxygens (including phenoxy) is 1. The number of thioether (sulfide) groups is 1. The number of urea groups is 1. The first-order valence-electron chi connectivity index (χ1n) is 9.50. The maximum absolute atomic E-state index is 13.3. The van der Waals surface area contributed by atoms with Crippen LogP contribution in [0.4, 0.5) is 10.5 Å². The third kappa shape index (κ3) is 5.32. The SMILES string of the molecule is COc1ccc(N2C(=O)/C(=C\c3cccs3)N=C2SC(C(=O)NC(N)=O)C(C)C)cc1Cl. The average Bonchev–Trinajstić information content (AvgIpc) is 3.33. The summed E-state index contributed by atoms with van der Waals surface area (Å²) in [5.74, 6) is -0.636. The number of amides is 4. The van der Waals surface area contributed by atoms with Crippen molar-refractivity contribution in [3.05, 3.63) is 51.3 Å². The first-order valence-corrected chi connectivity index (χ1v) is 11.6. The summed E-state index contributed by atoms with van der Waals surface area (Å²) in [5.41, 5.74) is 5.81. The van der Waals surface area contributed by atoms with Crippen molar-refractivity contribution in [3.63, 3.8) is 0 Å². The van der Waals surface area contributed by atoms with Crippen LogP contribution in [-0.2, 0) is 9.59 Å². The lowest BCUT2D eigenvalue weighted by molar-refractivity contribution is -0.120. The molecule has 0 saturated heterocycles. The van der Waals surface area contributed by atoms with E-state index >= 15 is 0 Å². The Kier molecular flexibility index (Phi) is 7.60. The number of primary amides is 1. The fraction of sp³-hybridized carbons (Fsp3) is 0.238. The van der Waals surface area contributed by atoms with Crippen molar-refractivity contribution < 1.29 is 19.1 Å². The lowest BCUT2D eigenvalue weighted by atomic mass is 10.1. The molecule has 0 bridgehead atoms. The van der Waals surface area contributed by atoms with Gasteiger partial charge >= 0.3 is 6.03 Å². The van der Waals surface area contributed by atoms with Gasteiger partial charge in [0.1, 0.15) is 11.4 Å². The van der Waals surface area contributed by atoms with E-state index in [0.29, 0.717) is 16.5 Å². The number of hydrogen-bond acceptors (Lipinski definition) is 7. The monoisotopic (exact) mass is 492 g/mol. The first-order chi connectivity index (χ1) is 15.2. The number of methoxy groups -OCH3 is 1. The smallest absolute Gasteiger partial charge is 0.318 e. The van der Waals surface area contributed by atoms with Crippen LogP contribution < -0.4 is 20.7 Å². The van der Waals surface area contributed by atoms with Gasteiger partial charge in [-0.25, -0.2) is 9.79 Å². The Morgan fingerprint density at radius 1 is 1.34 bits per heavy atom. The van der Waals surface area contributed by atoms with Crippen molar-refractivity contribution in [2.45, 2.75) is 19.1 Å². The lowest BCUT2D eigenvalue weighted by Gasteiger charge is -2.23. The van der Waals surface area contributed by atoms with Crippen LogP contribution in [0.1, 0.15) is 18.7 Å². The molecular weight excluding hydrogens is 472 g/mol. The number of nitrogens with two attached hydrogens (primary N) is 1. The Morgan fingerprint density at radius 3 is 2.66 bits per heavy atom.